The van der Waals surface area contributed by atoms with Crippen LogP contribution in [0.5, 0.6) is 0 Å². The van der Waals surface area contributed by atoms with Gasteiger partial charge in [0.25, 0.3) is 0 Å². The highest BCUT2D eigenvalue weighted by Gasteiger charge is 2.23. The Balaban J connectivity index is 2.06. The first-order chi connectivity index (χ1) is 7.69. The smallest absolute Gasteiger partial charge is 0.224 e. The van der Waals surface area contributed by atoms with Crippen LogP contribution in [0.25, 0.3) is 6.08 Å². The third-order valence-corrected chi connectivity index (χ3v) is 2.60. The summed E-state index contributed by atoms with van der Waals surface area (Å²) >= 11 is 0. The minimum absolute atomic E-state index is 0.101. The molecule has 1 amide bonds. The number of rotatable bonds is 4. The topological polar surface area (TPSA) is 29.1 Å². The zero-order valence-electron chi connectivity index (χ0n) is 9.00. The van der Waals surface area contributed by atoms with E-state index in [4.69, 9.17) is 0 Å². The molecule has 0 radical (unpaired) electrons. The van der Waals surface area contributed by atoms with Crippen molar-refractivity contribution in [1.29, 1.82) is 0 Å². The highest BCUT2D eigenvalue weighted by atomic mass is 19.1. The SMILES string of the molecule is C=Cc1ccc(F)c(CC(=O)NC2CC2)c1. The second kappa shape index (κ2) is 4.47. The van der Waals surface area contributed by atoms with E-state index in [0.29, 0.717) is 11.6 Å². The lowest BCUT2D eigenvalue weighted by molar-refractivity contribution is -0.120. The molecule has 0 spiro atoms. The van der Waals surface area contributed by atoms with Crippen molar-refractivity contribution in [1.82, 2.24) is 5.32 Å². The van der Waals surface area contributed by atoms with Gasteiger partial charge in [0.2, 0.25) is 5.91 Å². The fourth-order valence-corrected chi connectivity index (χ4v) is 1.54. The van der Waals surface area contributed by atoms with Gasteiger partial charge in [0.15, 0.2) is 0 Å². The molecule has 1 aromatic carbocycles. The second-order valence-corrected chi connectivity index (χ2v) is 4.07. The predicted octanol–water partition coefficient (Wildman–Crippen LogP) is 2.29. The number of benzene rings is 1. The number of hydrogen-bond acceptors (Lipinski definition) is 1. The van der Waals surface area contributed by atoms with Crippen molar-refractivity contribution in [3.05, 3.63) is 41.7 Å². The van der Waals surface area contributed by atoms with Crippen molar-refractivity contribution < 1.29 is 9.18 Å². The molecule has 1 aromatic rings. The predicted molar refractivity (Wildman–Crippen MR) is 61.4 cm³/mol. The average Bonchev–Trinajstić information content (AvgIpc) is 3.05. The second-order valence-electron chi connectivity index (χ2n) is 4.07. The fraction of sp³-hybridized carbons (Fsp3) is 0.308. The number of nitrogens with one attached hydrogen (secondary N) is 1. The molecule has 0 atom stereocenters. The molecule has 2 nitrogen and oxygen atoms in total. The Hall–Kier alpha value is -1.64. The Morgan fingerprint density at radius 1 is 1.56 bits per heavy atom. The van der Waals surface area contributed by atoms with Gasteiger partial charge in [0.05, 0.1) is 6.42 Å². The molecule has 1 fully saturated rings. The molecular formula is C13H14FNO. The van der Waals surface area contributed by atoms with Crippen molar-refractivity contribution in [2.24, 2.45) is 0 Å². The van der Waals surface area contributed by atoms with Gasteiger partial charge in [-0.3, -0.25) is 4.79 Å². The van der Waals surface area contributed by atoms with Crippen LogP contribution in [0.15, 0.2) is 24.8 Å². The Labute approximate surface area is 94.2 Å². The molecule has 1 aliphatic carbocycles. The van der Waals surface area contributed by atoms with E-state index in [1.807, 2.05) is 0 Å². The van der Waals surface area contributed by atoms with E-state index in [9.17, 15) is 9.18 Å². The molecular weight excluding hydrogens is 205 g/mol. The van der Waals surface area contributed by atoms with Crippen LogP contribution in [0.4, 0.5) is 4.39 Å². The molecule has 1 N–H and O–H groups in total. The van der Waals surface area contributed by atoms with Gasteiger partial charge in [-0.05, 0) is 36.1 Å². The van der Waals surface area contributed by atoms with Crippen LogP contribution in [0.2, 0.25) is 0 Å². The summed E-state index contributed by atoms with van der Waals surface area (Å²) in [7, 11) is 0. The fourth-order valence-electron chi connectivity index (χ4n) is 1.54. The monoisotopic (exact) mass is 219 g/mol. The summed E-state index contributed by atoms with van der Waals surface area (Å²) in [5.41, 5.74) is 1.26. The number of carbonyl (C=O) groups excluding carboxylic acids is 1. The van der Waals surface area contributed by atoms with Gasteiger partial charge in [-0.25, -0.2) is 4.39 Å². The minimum Gasteiger partial charge on any atom is -0.353 e. The molecule has 0 aromatic heterocycles. The maximum atomic E-state index is 13.4. The zero-order valence-corrected chi connectivity index (χ0v) is 9.00. The quantitative estimate of drug-likeness (QED) is 0.827. The van der Waals surface area contributed by atoms with Gasteiger partial charge < -0.3 is 5.32 Å². The zero-order chi connectivity index (χ0) is 11.5. The highest BCUT2D eigenvalue weighted by molar-refractivity contribution is 5.79. The summed E-state index contributed by atoms with van der Waals surface area (Å²) in [4.78, 5) is 11.5. The third-order valence-electron chi connectivity index (χ3n) is 2.60. The van der Waals surface area contributed by atoms with Gasteiger partial charge in [0.1, 0.15) is 5.82 Å². The Morgan fingerprint density at radius 2 is 2.31 bits per heavy atom. The van der Waals surface area contributed by atoms with Crippen molar-refractivity contribution in [3.63, 3.8) is 0 Å². The highest BCUT2D eigenvalue weighted by Crippen LogP contribution is 2.19. The van der Waals surface area contributed by atoms with Crippen LogP contribution in [-0.2, 0) is 11.2 Å². The van der Waals surface area contributed by atoms with Crippen LogP contribution in [-0.4, -0.2) is 11.9 Å². The number of carbonyl (C=O) groups is 1. The van der Waals surface area contributed by atoms with Crippen LogP contribution in [0, 0.1) is 5.82 Å². The average molecular weight is 219 g/mol. The lowest BCUT2D eigenvalue weighted by atomic mass is 10.1. The molecule has 1 aliphatic rings. The maximum Gasteiger partial charge on any atom is 0.224 e. The summed E-state index contributed by atoms with van der Waals surface area (Å²) in [5, 5.41) is 2.84. The minimum atomic E-state index is -0.337. The molecule has 0 aliphatic heterocycles. The summed E-state index contributed by atoms with van der Waals surface area (Å²) in [6, 6.07) is 4.99. The molecule has 0 unspecified atom stereocenters. The molecule has 0 saturated heterocycles. The normalized spacial score (nSPS) is 14.6. The summed E-state index contributed by atoms with van der Waals surface area (Å²) in [6.45, 7) is 3.62. The van der Waals surface area contributed by atoms with E-state index in [1.54, 1.807) is 18.2 Å². The van der Waals surface area contributed by atoms with E-state index in [1.165, 1.54) is 6.07 Å². The largest absolute Gasteiger partial charge is 0.353 e. The van der Waals surface area contributed by atoms with Gasteiger partial charge >= 0.3 is 0 Å². The van der Waals surface area contributed by atoms with Gasteiger partial charge in [-0.15, -0.1) is 0 Å². The maximum absolute atomic E-state index is 13.4. The Morgan fingerprint density at radius 3 is 2.94 bits per heavy atom. The van der Waals surface area contributed by atoms with E-state index < -0.39 is 0 Å². The number of amides is 1. The van der Waals surface area contributed by atoms with Crippen molar-refractivity contribution >= 4 is 12.0 Å². The van der Waals surface area contributed by atoms with Crippen LogP contribution >= 0.6 is 0 Å². The molecule has 16 heavy (non-hydrogen) atoms. The first kappa shape index (κ1) is 10.9. The number of halogens is 1. The molecule has 1 saturated carbocycles. The Bertz CT molecular complexity index is 424. The van der Waals surface area contributed by atoms with Crippen LogP contribution in [0.1, 0.15) is 24.0 Å². The summed E-state index contributed by atoms with van der Waals surface area (Å²) in [6.07, 6.45) is 3.83. The van der Waals surface area contributed by atoms with Gasteiger partial charge in [-0.1, -0.05) is 18.7 Å². The van der Waals surface area contributed by atoms with E-state index in [0.717, 1.165) is 18.4 Å². The molecule has 2 rings (SSSR count). The number of hydrogen-bond donors (Lipinski definition) is 1. The standard InChI is InChI=1S/C13H14FNO/c1-2-9-3-6-12(14)10(7-9)8-13(16)15-11-4-5-11/h2-3,6-7,11H,1,4-5,8H2,(H,15,16). The van der Waals surface area contributed by atoms with E-state index >= 15 is 0 Å². The van der Waals surface area contributed by atoms with Gasteiger partial charge in [0, 0.05) is 6.04 Å². The first-order valence-electron chi connectivity index (χ1n) is 5.39. The molecule has 84 valence electrons. The van der Waals surface area contributed by atoms with E-state index in [2.05, 4.69) is 11.9 Å². The molecule has 3 heteroatoms. The lowest BCUT2D eigenvalue weighted by Gasteiger charge is -2.05. The van der Waals surface area contributed by atoms with Crippen molar-refractivity contribution in [2.45, 2.75) is 25.3 Å². The summed E-state index contributed by atoms with van der Waals surface area (Å²) < 4.78 is 13.4. The summed E-state index contributed by atoms with van der Waals surface area (Å²) in [5.74, 6) is -0.445. The van der Waals surface area contributed by atoms with Crippen molar-refractivity contribution in [2.75, 3.05) is 0 Å². The van der Waals surface area contributed by atoms with E-state index in [-0.39, 0.29) is 18.1 Å². The lowest BCUT2D eigenvalue weighted by Crippen LogP contribution is -2.27. The van der Waals surface area contributed by atoms with Crippen molar-refractivity contribution in [3.8, 4) is 0 Å². The van der Waals surface area contributed by atoms with Gasteiger partial charge in [-0.2, -0.15) is 0 Å². The molecule has 0 heterocycles. The first-order valence-corrected chi connectivity index (χ1v) is 5.39. The molecule has 0 bridgehead atoms. The Kier molecular flexibility index (Phi) is 3.04. The third kappa shape index (κ3) is 2.69. The van der Waals surface area contributed by atoms with Crippen LogP contribution in [0.3, 0.4) is 0 Å². The van der Waals surface area contributed by atoms with Crippen LogP contribution < -0.4 is 5.32 Å².